The lowest BCUT2D eigenvalue weighted by molar-refractivity contribution is -0.133. The minimum Gasteiger partial charge on any atom is -0.383 e. The Morgan fingerprint density at radius 3 is 2.41 bits per heavy atom. The molecule has 34 heavy (non-hydrogen) atoms. The Morgan fingerprint density at radius 2 is 1.74 bits per heavy atom. The van der Waals surface area contributed by atoms with Gasteiger partial charge in [-0.15, -0.1) is 0 Å². The lowest BCUT2D eigenvalue weighted by atomic mass is 9.88. The minimum absolute atomic E-state index is 0.0906. The van der Waals surface area contributed by atoms with Gasteiger partial charge in [0.2, 0.25) is 11.8 Å². The summed E-state index contributed by atoms with van der Waals surface area (Å²) < 4.78 is 5.02. The van der Waals surface area contributed by atoms with Crippen LogP contribution in [0, 0.1) is 5.92 Å². The third-order valence-corrected chi connectivity index (χ3v) is 6.46. The Balaban J connectivity index is 1.60. The van der Waals surface area contributed by atoms with Crippen LogP contribution in [-0.2, 0) is 20.7 Å². The fourth-order valence-electron chi connectivity index (χ4n) is 4.18. The van der Waals surface area contributed by atoms with Gasteiger partial charge >= 0.3 is 0 Å². The third-order valence-electron chi connectivity index (χ3n) is 6.13. The number of amides is 3. The SMILES string of the molecule is COCCNC(=O)C(NC(=O)c1ccccc1Cl)C1CCN(C(=O)CCc2ccccc2)CC1. The summed E-state index contributed by atoms with van der Waals surface area (Å²) in [5, 5.41) is 6.05. The van der Waals surface area contributed by atoms with E-state index in [1.54, 1.807) is 31.4 Å². The molecule has 2 aromatic rings. The van der Waals surface area contributed by atoms with E-state index in [9.17, 15) is 14.4 Å². The van der Waals surface area contributed by atoms with Gasteiger partial charge in [-0.1, -0.05) is 54.1 Å². The Labute approximate surface area is 205 Å². The van der Waals surface area contributed by atoms with Crippen molar-refractivity contribution in [2.75, 3.05) is 33.4 Å². The van der Waals surface area contributed by atoms with Gasteiger partial charge in [-0.3, -0.25) is 14.4 Å². The van der Waals surface area contributed by atoms with E-state index < -0.39 is 6.04 Å². The van der Waals surface area contributed by atoms with Crippen molar-refractivity contribution in [3.05, 3.63) is 70.7 Å². The first-order chi connectivity index (χ1) is 16.5. The van der Waals surface area contributed by atoms with Crippen LogP contribution < -0.4 is 10.6 Å². The number of nitrogens with zero attached hydrogens (tertiary/aromatic N) is 1. The lowest BCUT2D eigenvalue weighted by Gasteiger charge is -2.36. The van der Waals surface area contributed by atoms with E-state index >= 15 is 0 Å². The van der Waals surface area contributed by atoms with Gasteiger partial charge in [0.05, 0.1) is 17.2 Å². The number of hydrogen-bond donors (Lipinski definition) is 2. The van der Waals surface area contributed by atoms with Gasteiger partial charge in [0.1, 0.15) is 6.04 Å². The number of ether oxygens (including phenoxy) is 1. The maximum absolute atomic E-state index is 12.9. The fraction of sp³-hybridized carbons (Fsp3) is 0.423. The lowest BCUT2D eigenvalue weighted by Crippen LogP contribution is -2.54. The van der Waals surface area contributed by atoms with E-state index in [2.05, 4.69) is 10.6 Å². The highest BCUT2D eigenvalue weighted by atomic mass is 35.5. The van der Waals surface area contributed by atoms with Crippen LogP contribution in [0.1, 0.15) is 35.2 Å². The molecule has 0 spiro atoms. The fourth-order valence-corrected chi connectivity index (χ4v) is 4.41. The van der Waals surface area contributed by atoms with Gasteiger partial charge in [-0.2, -0.15) is 0 Å². The molecule has 1 aliphatic heterocycles. The molecule has 1 fully saturated rings. The molecule has 0 bridgehead atoms. The zero-order valence-electron chi connectivity index (χ0n) is 19.5. The topological polar surface area (TPSA) is 87.7 Å². The van der Waals surface area contributed by atoms with Crippen LogP contribution in [0.15, 0.2) is 54.6 Å². The predicted octanol–water partition coefficient (Wildman–Crippen LogP) is 3.07. The number of likely N-dealkylation sites (tertiary alicyclic amines) is 1. The highest BCUT2D eigenvalue weighted by molar-refractivity contribution is 6.33. The smallest absolute Gasteiger partial charge is 0.253 e. The van der Waals surface area contributed by atoms with Crippen LogP contribution >= 0.6 is 11.6 Å². The molecule has 8 heteroatoms. The highest BCUT2D eigenvalue weighted by Crippen LogP contribution is 2.23. The molecule has 3 rings (SSSR count). The maximum Gasteiger partial charge on any atom is 0.253 e. The van der Waals surface area contributed by atoms with Crippen molar-refractivity contribution in [2.45, 2.75) is 31.7 Å². The number of carbonyl (C=O) groups is 3. The molecule has 3 amide bonds. The predicted molar refractivity (Wildman–Crippen MR) is 132 cm³/mol. The van der Waals surface area contributed by atoms with Crippen molar-refractivity contribution in [1.82, 2.24) is 15.5 Å². The van der Waals surface area contributed by atoms with Gasteiger partial charge in [0.25, 0.3) is 5.91 Å². The summed E-state index contributed by atoms with van der Waals surface area (Å²) in [7, 11) is 1.56. The Kier molecular flexibility index (Phi) is 9.91. The molecule has 0 aromatic heterocycles. The summed E-state index contributed by atoms with van der Waals surface area (Å²) >= 11 is 6.18. The molecule has 2 aromatic carbocycles. The number of rotatable bonds is 10. The van der Waals surface area contributed by atoms with E-state index in [-0.39, 0.29) is 23.6 Å². The van der Waals surface area contributed by atoms with Crippen LogP contribution in [0.3, 0.4) is 0 Å². The van der Waals surface area contributed by atoms with Gasteiger partial charge < -0.3 is 20.3 Å². The van der Waals surface area contributed by atoms with Crippen molar-refractivity contribution in [3.63, 3.8) is 0 Å². The van der Waals surface area contributed by atoms with Gasteiger partial charge in [0, 0.05) is 33.2 Å². The molecule has 1 atom stereocenters. The van der Waals surface area contributed by atoms with E-state index in [1.165, 1.54) is 0 Å². The molecule has 0 saturated carbocycles. The van der Waals surface area contributed by atoms with E-state index in [0.29, 0.717) is 62.5 Å². The Hall–Kier alpha value is -2.90. The zero-order valence-corrected chi connectivity index (χ0v) is 20.2. The molecule has 182 valence electrons. The minimum atomic E-state index is -0.720. The average Bonchev–Trinajstić information content (AvgIpc) is 2.87. The van der Waals surface area contributed by atoms with Crippen LogP contribution in [-0.4, -0.2) is 62.0 Å². The first-order valence-corrected chi connectivity index (χ1v) is 12.0. The molecule has 1 unspecified atom stereocenters. The number of piperidine rings is 1. The van der Waals surface area contributed by atoms with Gasteiger partial charge in [-0.05, 0) is 42.9 Å². The van der Waals surface area contributed by atoms with Crippen molar-refractivity contribution in [2.24, 2.45) is 5.92 Å². The molecule has 0 radical (unpaired) electrons. The van der Waals surface area contributed by atoms with Crippen molar-refractivity contribution >= 4 is 29.3 Å². The number of hydrogen-bond acceptors (Lipinski definition) is 4. The monoisotopic (exact) mass is 485 g/mol. The van der Waals surface area contributed by atoms with Crippen LogP contribution in [0.25, 0.3) is 0 Å². The molecule has 7 nitrogen and oxygen atoms in total. The van der Waals surface area contributed by atoms with Gasteiger partial charge in [-0.25, -0.2) is 0 Å². The highest BCUT2D eigenvalue weighted by Gasteiger charge is 2.34. The number of carbonyl (C=O) groups excluding carboxylic acids is 3. The first kappa shape index (κ1) is 25.7. The molecule has 1 aliphatic rings. The molecule has 1 heterocycles. The number of halogens is 1. The maximum atomic E-state index is 12.9. The molecule has 0 aliphatic carbocycles. The normalized spacial score (nSPS) is 14.9. The van der Waals surface area contributed by atoms with Crippen LogP contribution in [0.5, 0.6) is 0 Å². The molecule has 2 N–H and O–H groups in total. The second-order valence-electron chi connectivity index (χ2n) is 8.42. The third kappa shape index (κ3) is 7.30. The molecular weight excluding hydrogens is 454 g/mol. The number of aryl methyl sites for hydroxylation is 1. The van der Waals surface area contributed by atoms with E-state index in [0.717, 1.165) is 5.56 Å². The number of nitrogens with one attached hydrogen (secondary N) is 2. The van der Waals surface area contributed by atoms with Crippen molar-refractivity contribution in [1.29, 1.82) is 0 Å². The molecular formula is C26H32ClN3O4. The molecule has 1 saturated heterocycles. The van der Waals surface area contributed by atoms with E-state index in [1.807, 2.05) is 35.2 Å². The second kappa shape index (κ2) is 13.1. The van der Waals surface area contributed by atoms with Gasteiger partial charge in [0.15, 0.2) is 0 Å². The number of methoxy groups -OCH3 is 1. The van der Waals surface area contributed by atoms with Crippen LogP contribution in [0.4, 0.5) is 0 Å². The Morgan fingerprint density at radius 1 is 1.06 bits per heavy atom. The van der Waals surface area contributed by atoms with Crippen molar-refractivity contribution in [3.8, 4) is 0 Å². The standard InChI is InChI=1S/C26H32ClN3O4/c1-34-18-15-28-26(33)24(29-25(32)21-9-5-6-10-22(21)27)20-13-16-30(17-14-20)23(31)12-11-19-7-3-2-4-8-19/h2-10,20,24H,11-18H2,1H3,(H,28,33)(H,29,32). The van der Waals surface area contributed by atoms with Crippen molar-refractivity contribution < 1.29 is 19.1 Å². The largest absolute Gasteiger partial charge is 0.383 e. The summed E-state index contributed by atoms with van der Waals surface area (Å²) in [6.45, 7) is 1.85. The van der Waals surface area contributed by atoms with E-state index in [4.69, 9.17) is 16.3 Å². The summed E-state index contributed by atoms with van der Waals surface area (Å²) in [6, 6.07) is 16.0. The Bertz CT molecular complexity index is 962. The quantitative estimate of drug-likeness (QED) is 0.506. The summed E-state index contributed by atoms with van der Waals surface area (Å²) in [5.41, 5.74) is 1.47. The summed E-state index contributed by atoms with van der Waals surface area (Å²) in [4.78, 5) is 40.4. The summed E-state index contributed by atoms with van der Waals surface area (Å²) in [5.74, 6) is -0.624. The average molecular weight is 486 g/mol. The summed E-state index contributed by atoms with van der Waals surface area (Å²) in [6.07, 6.45) is 2.42. The zero-order chi connectivity index (χ0) is 24.3. The first-order valence-electron chi connectivity index (χ1n) is 11.6. The van der Waals surface area contributed by atoms with Crippen LogP contribution in [0.2, 0.25) is 5.02 Å². The number of benzene rings is 2. The second-order valence-corrected chi connectivity index (χ2v) is 8.83.